The van der Waals surface area contributed by atoms with Gasteiger partial charge in [0.2, 0.25) is 5.91 Å². The van der Waals surface area contributed by atoms with Crippen molar-refractivity contribution in [3.63, 3.8) is 0 Å². The number of anilines is 1. The largest absolute Gasteiger partial charge is 0.391 e. The topological polar surface area (TPSA) is 75.4 Å². The van der Waals surface area contributed by atoms with Crippen molar-refractivity contribution in [1.82, 2.24) is 0 Å². The predicted molar refractivity (Wildman–Crippen MR) is 91.8 cm³/mol. The summed E-state index contributed by atoms with van der Waals surface area (Å²) in [4.78, 5) is 11.8. The number of amides is 1. The van der Waals surface area contributed by atoms with E-state index in [4.69, 9.17) is 5.73 Å². The van der Waals surface area contributed by atoms with Gasteiger partial charge in [-0.2, -0.15) is 0 Å². The van der Waals surface area contributed by atoms with Gasteiger partial charge in [-0.25, -0.2) is 0 Å². The second-order valence-corrected chi connectivity index (χ2v) is 5.97. The molecule has 0 saturated carbocycles. The van der Waals surface area contributed by atoms with Gasteiger partial charge < -0.3 is 16.2 Å². The van der Waals surface area contributed by atoms with E-state index in [2.05, 4.69) is 18.3 Å². The van der Waals surface area contributed by atoms with E-state index in [0.29, 0.717) is 0 Å². The monoisotopic (exact) mass is 306 g/mol. The lowest BCUT2D eigenvalue weighted by Crippen LogP contribution is -2.43. The molecule has 1 aromatic rings. The fourth-order valence-corrected chi connectivity index (χ4v) is 2.36. The third kappa shape index (κ3) is 7.05. The molecule has 4 N–H and O–H groups in total. The first-order valence-corrected chi connectivity index (χ1v) is 8.38. The molecule has 0 heterocycles. The maximum Gasteiger partial charge on any atom is 0.243 e. The minimum Gasteiger partial charge on any atom is -0.391 e. The van der Waals surface area contributed by atoms with Gasteiger partial charge in [-0.3, -0.25) is 4.79 Å². The molecule has 22 heavy (non-hydrogen) atoms. The summed E-state index contributed by atoms with van der Waals surface area (Å²) >= 11 is 0. The average molecular weight is 306 g/mol. The lowest BCUT2D eigenvalue weighted by Gasteiger charge is -2.15. The smallest absolute Gasteiger partial charge is 0.243 e. The molecule has 4 heteroatoms. The van der Waals surface area contributed by atoms with E-state index in [1.807, 2.05) is 18.2 Å². The van der Waals surface area contributed by atoms with E-state index in [1.165, 1.54) is 51.0 Å². The van der Waals surface area contributed by atoms with Gasteiger partial charge in [0, 0.05) is 5.69 Å². The molecule has 0 saturated heterocycles. The number of hydrogen-bond acceptors (Lipinski definition) is 3. The van der Waals surface area contributed by atoms with Crippen LogP contribution in [0.2, 0.25) is 0 Å². The first kappa shape index (κ1) is 18.7. The third-order valence-corrected chi connectivity index (χ3v) is 3.84. The van der Waals surface area contributed by atoms with Crippen LogP contribution in [-0.4, -0.2) is 23.2 Å². The Hall–Kier alpha value is -1.39. The van der Waals surface area contributed by atoms with Crippen LogP contribution in [-0.2, 0) is 11.2 Å². The van der Waals surface area contributed by atoms with Gasteiger partial charge in [-0.15, -0.1) is 0 Å². The van der Waals surface area contributed by atoms with Crippen molar-refractivity contribution >= 4 is 11.6 Å². The van der Waals surface area contributed by atoms with Crippen molar-refractivity contribution in [3.05, 3.63) is 29.8 Å². The molecule has 4 nitrogen and oxygen atoms in total. The Labute approximate surface area is 134 Å². The van der Waals surface area contributed by atoms with Crippen LogP contribution in [0.3, 0.4) is 0 Å². The van der Waals surface area contributed by atoms with Crippen LogP contribution in [0, 0.1) is 0 Å². The van der Waals surface area contributed by atoms with Gasteiger partial charge in [-0.05, 0) is 37.5 Å². The number of rotatable bonds is 10. The number of unbranched alkanes of at least 4 members (excludes halogenated alkanes) is 5. The molecule has 2 atom stereocenters. The first-order valence-electron chi connectivity index (χ1n) is 8.38. The normalized spacial score (nSPS) is 13.6. The van der Waals surface area contributed by atoms with Crippen LogP contribution in [0.25, 0.3) is 0 Å². The lowest BCUT2D eigenvalue weighted by molar-refractivity contribution is -0.119. The number of benzene rings is 1. The summed E-state index contributed by atoms with van der Waals surface area (Å²) in [7, 11) is 0. The number of hydrogen-bond donors (Lipinski definition) is 3. The van der Waals surface area contributed by atoms with E-state index in [0.717, 1.165) is 12.1 Å². The second-order valence-electron chi connectivity index (χ2n) is 5.97. The fourth-order valence-electron chi connectivity index (χ4n) is 2.36. The Morgan fingerprint density at radius 1 is 1.23 bits per heavy atom. The summed E-state index contributed by atoms with van der Waals surface area (Å²) in [6, 6.07) is 6.95. The molecule has 0 aliphatic carbocycles. The summed E-state index contributed by atoms with van der Waals surface area (Å²) in [5.74, 6) is -0.355. The molecular formula is C18H30N2O2. The molecule has 0 aliphatic rings. The van der Waals surface area contributed by atoms with Crippen LogP contribution >= 0.6 is 0 Å². The molecule has 1 rings (SSSR count). The number of nitrogens with one attached hydrogen (secondary N) is 1. The summed E-state index contributed by atoms with van der Waals surface area (Å²) in [5.41, 5.74) is 7.58. The summed E-state index contributed by atoms with van der Waals surface area (Å²) in [6.45, 7) is 3.74. The highest BCUT2D eigenvalue weighted by Gasteiger charge is 2.18. The molecule has 124 valence electrons. The van der Waals surface area contributed by atoms with Crippen molar-refractivity contribution in [1.29, 1.82) is 0 Å². The van der Waals surface area contributed by atoms with E-state index in [9.17, 15) is 9.90 Å². The van der Waals surface area contributed by atoms with Crippen molar-refractivity contribution in [2.24, 2.45) is 5.73 Å². The van der Waals surface area contributed by atoms with Crippen LogP contribution < -0.4 is 11.1 Å². The fraction of sp³-hybridized carbons (Fsp3) is 0.611. The highest BCUT2D eigenvalue weighted by atomic mass is 16.3. The van der Waals surface area contributed by atoms with Crippen molar-refractivity contribution < 1.29 is 9.90 Å². The van der Waals surface area contributed by atoms with E-state index in [1.54, 1.807) is 0 Å². The molecule has 0 fully saturated rings. The maximum atomic E-state index is 11.8. The van der Waals surface area contributed by atoms with Crippen LogP contribution in [0.5, 0.6) is 0 Å². The number of aliphatic hydroxyl groups is 1. The minimum atomic E-state index is -0.901. The van der Waals surface area contributed by atoms with Gasteiger partial charge in [0.25, 0.3) is 0 Å². The Morgan fingerprint density at radius 2 is 1.91 bits per heavy atom. The van der Waals surface area contributed by atoms with Crippen LogP contribution in [0.1, 0.15) is 57.9 Å². The molecule has 0 radical (unpaired) electrons. The highest BCUT2D eigenvalue weighted by Crippen LogP contribution is 2.15. The molecule has 0 aromatic heterocycles. The zero-order valence-electron chi connectivity index (χ0n) is 13.8. The number of nitrogens with two attached hydrogens (primary N) is 1. The molecule has 0 unspecified atom stereocenters. The van der Waals surface area contributed by atoms with Gasteiger partial charge >= 0.3 is 0 Å². The van der Waals surface area contributed by atoms with Gasteiger partial charge in [0.1, 0.15) is 6.04 Å². The Morgan fingerprint density at radius 3 is 2.59 bits per heavy atom. The number of carbonyl (C=O) groups excluding carboxylic acids is 1. The molecular weight excluding hydrogens is 276 g/mol. The Bertz CT molecular complexity index is 446. The van der Waals surface area contributed by atoms with Crippen LogP contribution in [0.15, 0.2) is 24.3 Å². The summed E-state index contributed by atoms with van der Waals surface area (Å²) in [5, 5.41) is 12.1. The molecule has 1 aromatic carbocycles. The minimum absolute atomic E-state index is 0.355. The van der Waals surface area contributed by atoms with E-state index < -0.39 is 12.1 Å². The Balaban J connectivity index is 2.40. The van der Waals surface area contributed by atoms with Crippen molar-refractivity contribution in [2.45, 2.75) is 70.9 Å². The van der Waals surface area contributed by atoms with Gasteiger partial charge in [-0.1, -0.05) is 51.2 Å². The molecule has 0 bridgehead atoms. The predicted octanol–water partition coefficient (Wildman–Crippen LogP) is 3.24. The SMILES string of the molecule is CCCCCCCCc1cccc(NC(=O)[C@@H](N)[C@@H](C)O)c1. The molecule has 0 aliphatic heterocycles. The van der Waals surface area contributed by atoms with E-state index in [-0.39, 0.29) is 5.91 Å². The molecule has 1 amide bonds. The van der Waals surface area contributed by atoms with E-state index >= 15 is 0 Å². The zero-order valence-corrected chi connectivity index (χ0v) is 13.8. The summed E-state index contributed by atoms with van der Waals surface area (Å²) in [6.07, 6.45) is 7.82. The second kappa shape index (κ2) is 10.4. The van der Waals surface area contributed by atoms with Gasteiger partial charge in [0.05, 0.1) is 6.10 Å². The maximum absolute atomic E-state index is 11.8. The zero-order chi connectivity index (χ0) is 16.4. The quantitative estimate of drug-likeness (QED) is 0.581. The Kier molecular flexibility index (Phi) is 8.78. The third-order valence-electron chi connectivity index (χ3n) is 3.84. The van der Waals surface area contributed by atoms with Gasteiger partial charge in [0.15, 0.2) is 0 Å². The highest BCUT2D eigenvalue weighted by molar-refractivity contribution is 5.95. The van der Waals surface area contributed by atoms with Crippen LogP contribution in [0.4, 0.5) is 5.69 Å². The number of carbonyl (C=O) groups is 1. The standard InChI is InChI=1S/C18H30N2O2/c1-3-4-5-6-7-8-10-15-11-9-12-16(13-15)20-18(22)17(19)14(2)21/h9,11-14,17,21H,3-8,10,19H2,1-2H3,(H,20,22)/t14-,17+/m1/s1. The number of aliphatic hydroxyl groups excluding tert-OH is 1. The van der Waals surface area contributed by atoms with Crippen molar-refractivity contribution in [3.8, 4) is 0 Å². The lowest BCUT2D eigenvalue weighted by atomic mass is 10.0. The first-order chi connectivity index (χ1) is 10.5. The number of aryl methyl sites for hydroxylation is 1. The van der Waals surface area contributed by atoms with Crippen molar-refractivity contribution in [2.75, 3.05) is 5.32 Å². The summed E-state index contributed by atoms with van der Waals surface area (Å²) < 4.78 is 0. The molecule has 0 spiro atoms. The average Bonchev–Trinajstić information content (AvgIpc) is 2.50.